The molecule has 1 rings (SSSR count). The van der Waals surface area contributed by atoms with Crippen molar-refractivity contribution in [1.82, 2.24) is 20.0 Å². The van der Waals surface area contributed by atoms with Gasteiger partial charge in [-0.3, -0.25) is 9.69 Å². The zero-order valence-electron chi connectivity index (χ0n) is 10.4. The van der Waals surface area contributed by atoms with Crippen molar-refractivity contribution in [3.63, 3.8) is 0 Å². The van der Waals surface area contributed by atoms with Gasteiger partial charge in [-0.05, 0) is 13.1 Å². The molecule has 1 heterocycles. The summed E-state index contributed by atoms with van der Waals surface area (Å²) in [6, 6.07) is 0. The fourth-order valence-electron chi connectivity index (χ4n) is 1.59. The fraction of sp³-hybridized carbons (Fsp3) is 0.727. The van der Waals surface area contributed by atoms with E-state index in [1.165, 1.54) is 0 Å². The molecule has 0 saturated carbocycles. The molecule has 1 amide bonds. The molecule has 1 N–H and O–H groups in total. The summed E-state index contributed by atoms with van der Waals surface area (Å²) < 4.78 is 0. The van der Waals surface area contributed by atoms with Crippen LogP contribution in [0.5, 0.6) is 0 Å². The van der Waals surface area contributed by atoms with Crippen LogP contribution in [-0.4, -0.2) is 60.6 Å². The molecule has 92 valence electrons. The first kappa shape index (κ1) is 12.8. The maximum Gasteiger partial charge on any atom is 0.235 e. The van der Waals surface area contributed by atoms with Gasteiger partial charge in [0.15, 0.2) is 0 Å². The molecule has 5 nitrogen and oxygen atoms in total. The molecule has 1 aliphatic rings. The summed E-state index contributed by atoms with van der Waals surface area (Å²) in [4.78, 5) is 17.8. The molecule has 16 heavy (non-hydrogen) atoms. The van der Waals surface area contributed by atoms with Crippen LogP contribution in [0.15, 0.2) is 12.4 Å². The summed E-state index contributed by atoms with van der Waals surface area (Å²) in [6.07, 6.45) is 3.98. The third kappa shape index (κ3) is 4.10. The van der Waals surface area contributed by atoms with Crippen molar-refractivity contribution in [2.24, 2.45) is 0 Å². The first-order valence-corrected chi connectivity index (χ1v) is 5.77. The van der Waals surface area contributed by atoms with E-state index in [4.69, 9.17) is 0 Å². The summed E-state index contributed by atoms with van der Waals surface area (Å²) in [6.45, 7) is 7.86. The Bertz CT molecular complexity index is 250. The van der Waals surface area contributed by atoms with Gasteiger partial charge in [0.05, 0.1) is 19.9 Å². The lowest BCUT2D eigenvalue weighted by Crippen LogP contribution is -2.41. The van der Waals surface area contributed by atoms with Gasteiger partial charge in [-0.2, -0.15) is 0 Å². The zero-order valence-corrected chi connectivity index (χ0v) is 10.4. The Balaban J connectivity index is 2.17. The summed E-state index contributed by atoms with van der Waals surface area (Å²) >= 11 is 0. The lowest BCUT2D eigenvalue weighted by Gasteiger charge is -2.21. The first-order chi connectivity index (χ1) is 7.65. The van der Waals surface area contributed by atoms with Crippen molar-refractivity contribution in [2.45, 2.75) is 13.8 Å². The second-order valence-corrected chi connectivity index (χ2v) is 4.00. The van der Waals surface area contributed by atoms with Crippen LogP contribution < -0.4 is 5.32 Å². The molecule has 1 aliphatic heterocycles. The second-order valence-electron chi connectivity index (χ2n) is 4.00. The second kappa shape index (κ2) is 6.37. The van der Waals surface area contributed by atoms with Crippen LogP contribution in [0.25, 0.3) is 0 Å². The molecular weight excluding hydrogens is 204 g/mol. The highest BCUT2D eigenvalue weighted by Crippen LogP contribution is 2.00. The maximum atomic E-state index is 11.6. The molecule has 0 atom stereocenters. The minimum Gasteiger partial charge on any atom is -0.362 e. The molecule has 0 aliphatic carbocycles. The summed E-state index contributed by atoms with van der Waals surface area (Å²) in [5.41, 5.74) is 0. The average molecular weight is 226 g/mol. The van der Waals surface area contributed by atoms with E-state index in [-0.39, 0.29) is 5.91 Å². The quantitative estimate of drug-likeness (QED) is 0.696. The first-order valence-electron chi connectivity index (χ1n) is 5.77. The molecule has 0 aromatic rings. The normalized spacial score (nSPS) is 15.0. The van der Waals surface area contributed by atoms with Crippen LogP contribution in [-0.2, 0) is 4.79 Å². The lowest BCUT2D eigenvalue weighted by molar-refractivity contribution is -0.122. The summed E-state index contributed by atoms with van der Waals surface area (Å²) in [5.74, 6) is 0.0895. The summed E-state index contributed by atoms with van der Waals surface area (Å²) in [5, 5.41) is 2.91. The smallest absolute Gasteiger partial charge is 0.235 e. The molecule has 0 aromatic carbocycles. The van der Waals surface area contributed by atoms with Crippen LogP contribution in [0, 0.1) is 0 Å². The Morgan fingerprint density at radius 3 is 2.56 bits per heavy atom. The molecule has 0 aromatic heterocycles. The van der Waals surface area contributed by atoms with E-state index in [9.17, 15) is 4.79 Å². The third-order valence-corrected chi connectivity index (χ3v) is 2.68. The van der Waals surface area contributed by atoms with Gasteiger partial charge in [0.2, 0.25) is 5.91 Å². The molecule has 0 spiro atoms. The third-order valence-electron chi connectivity index (χ3n) is 2.68. The van der Waals surface area contributed by atoms with Crippen LogP contribution in [0.3, 0.4) is 0 Å². The highest BCUT2D eigenvalue weighted by atomic mass is 16.2. The Morgan fingerprint density at radius 1 is 1.38 bits per heavy atom. The highest BCUT2D eigenvalue weighted by molar-refractivity contribution is 5.77. The van der Waals surface area contributed by atoms with Crippen molar-refractivity contribution in [2.75, 3.05) is 40.0 Å². The van der Waals surface area contributed by atoms with Gasteiger partial charge in [0.1, 0.15) is 0 Å². The predicted molar refractivity (Wildman–Crippen MR) is 64.4 cm³/mol. The Morgan fingerprint density at radius 2 is 2.06 bits per heavy atom. The van der Waals surface area contributed by atoms with E-state index in [0.29, 0.717) is 13.2 Å². The van der Waals surface area contributed by atoms with E-state index < -0.39 is 0 Å². The Kier molecular flexibility index (Phi) is 5.11. The monoisotopic (exact) mass is 226 g/mol. The number of nitrogens with zero attached hydrogens (tertiary/aromatic N) is 3. The van der Waals surface area contributed by atoms with E-state index in [1.807, 2.05) is 19.4 Å². The van der Waals surface area contributed by atoms with Gasteiger partial charge < -0.3 is 15.1 Å². The fourth-order valence-corrected chi connectivity index (χ4v) is 1.59. The number of hydrogen-bond acceptors (Lipinski definition) is 4. The number of nitrogens with one attached hydrogen (secondary N) is 1. The van der Waals surface area contributed by atoms with Gasteiger partial charge in [-0.25, -0.2) is 0 Å². The van der Waals surface area contributed by atoms with E-state index in [1.54, 1.807) is 0 Å². The van der Waals surface area contributed by atoms with Crippen molar-refractivity contribution in [3.8, 4) is 0 Å². The van der Waals surface area contributed by atoms with Crippen molar-refractivity contribution in [3.05, 3.63) is 12.4 Å². The van der Waals surface area contributed by atoms with Gasteiger partial charge in [0, 0.05) is 19.4 Å². The minimum atomic E-state index is 0.0895. The molecule has 5 heteroatoms. The van der Waals surface area contributed by atoms with Crippen molar-refractivity contribution in [1.29, 1.82) is 0 Å². The number of likely N-dealkylation sites (N-methyl/N-ethyl adjacent to an activating group) is 1. The molecule has 0 fully saturated rings. The lowest BCUT2D eigenvalue weighted by atomic mass is 10.4. The maximum absolute atomic E-state index is 11.6. The zero-order chi connectivity index (χ0) is 12.0. The molecular formula is C11H22N4O. The molecule has 0 radical (unpaired) electrons. The number of carbonyl (C=O) groups is 1. The minimum absolute atomic E-state index is 0.0895. The number of amides is 1. The largest absolute Gasteiger partial charge is 0.362 e. The van der Waals surface area contributed by atoms with E-state index in [2.05, 4.69) is 33.9 Å². The van der Waals surface area contributed by atoms with Crippen LogP contribution in [0.1, 0.15) is 13.8 Å². The van der Waals surface area contributed by atoms with Gasteiger partial charge >= 0.3 is 0 Å². The van der Waals surface area contributed by atoms with Gasteiger partial charge in [-0.15, -0.1) is 0 Å². The van der Waals surface area contributed by atoms with Crippen LogP contribution in [0.4, 0.5) is 0 Å². The standard InChI is InChI=1S/C11H22N4O/c1-4-14(5-2)8-11(16)12-9-15-7-6-13(3)10-15/h6-7H,4-5,8-10H2,1-3H3,(H,12,16). The number of carbonyl (C=O) groups excluding carboxylic acids is 1. The Hall–Kier alpha value is -1.23. The van der Waals surface area contributed by atoms with Crippen molar-refractivity contribution >= 4 is 5.91 Å². The van der Waals surface area contributed by atoms with Gasteiger partial charge in [-0.1, -0.05) is 13.8 Å². The van der Waals surface area contributed by atoms with Crippen molar-refractivity contribution < 1.29 is 4.79 Å². The average Bonchev–Trinajstić information content (AvgIpc) is 2.69. The predicted octanol–water partition coefficient (Wildman–Crippen LogP) is 0.0780. The van der Waals surface area contributed by atoms with Crippen LogP contribution in [0.2, 0.25) is 0 Å². The van der Waals surface area contributed by atoms with E-state index >= 15 is 0 Å². The molecule has 0 saturated heterocycles. The molecule has 0 bridgehead atoms. The number of hydrogen-bond donors (Lipinski definition) is 1. The van der Waals surface area contributed by atoms with Gasteiger partial charge in [0.25, 0.3) is 0 Å². The molecule has 0 unspecified atom stereocenters. The van der Waals surface area contributed by atoms with E-state index in [0.717, 1.165) is 19.8 Å². The topological polar surface area (TPSA) is 38.8 Å². The highest BCUT2D eigenvalue weighted by Gasteiger charge is 2.10. The Labute approximate surface area is 97.7 Å². The number of rotatable bonds is 6. The SMILES string of the molecule is CCN(CC)CC(=O)NCN1C=CN(C)C1. The summed E-state index contributed by atoms with van der Waals surface area (Å²) in [7, 11) is 2.01. The van der Waals surface area contributed by atoms with Crippen LogP contribution >= 0.6 is 0 Å².